The zero-order valence-corrected chi connectivity index (χ0v) is 10.1. The van der Waals surface area contributed by atoms with E-state index < -0.39 is 5.97 Å². The van der Waals surface area contributed by atoms with Crippen LogP contribution in [0.25, 0.3) is 0 Å². The SMILES string of the molecule is CCCCOc1cc(C(=O)OC)cc(Cl)n1. The molecule has 4 nitrogen and oxygen atoms in total. The Bertz CT molecular complexity index is 368. The number of nitrogens with zero attached hydrogens (tertiary/aromatic N) is 1. The second kappa shape index (κ2) is 6.33. The predicted molar refractivity (Wildman–Crippen MR) is 61.0 cm³/mol. The third kappa shape index (κ3) is 3.70. The summed E-state index contributed by atoms with van der Waals surface area (Å²) in [7, 11) is 1.31. The number of carbonyl (C=O) groups is 1. The van der Waals surface area contributed by atoms with Gasteiger partial charge in [-0.15, -0.1) is 0 Å². The topological polar surface area (TPSA) is 48.4 Å². The van der Waals surface area contributed by atoms with E-state index in [1.54, 1.807) is 0 Å². The average molecular weight is 244 g/mol. The van der Waals surface area contributed by atoms with Gasteiger partial charge in [-0.05, 0) is 12.5 Å². The summed E-state index contributed by atoms with van der Waals surface area (Å²) in [5, 5.41) is 0.217. The summed E-state index contributed by atoms with van der Waals surface area (Å²) in [6.07, 6.45) is 1.96. The van der Waals surface area contributed by atoms with Gasteiger partial charge in [0.25, 0.3) is 0 Å². The molecule has 0 unspecified atom stereocenters. The molecule has 5 heteroatoms. The van der Waals surface area contributed by atoms with E-state index in [0.29, 0.717) is 18.1 Å². The van der Waals surface area contributed by atoms with Gasteiger partial charge in [0.2, 0.25) is 5.88 Å². The van der Waals surface area contributed by atoms with Gasteiger partial charge in [-0.3, -0.25) is 0 Å². The average Bonchev–Trinajstić information content (AvgIpc) is 2.27. The normalized spacial score (nSPS) is 9.94. The van der Waals surface area contributed by atoms with Gasteiger partial charge in [-0.25, -0.2) is 9.78 Å². The van der Waals surface area contributed by atoms with Crippen molar-refractivity contribution in [1.29, 1.82) is 0 Å². The smallest absolute Gasteiger partial charge is 0.338 e. The highest BCUT2D eigenvalue weighted by molar-refractivity contribution is 6.29. The quantitative estimate of drug-likeness (QED) is 0.453. The van der Waals surface area contributed by atoms with Crippen molar-refractivity contribution < 1.29 is 14.3 Å². The minimum Gasteiger partial charge on any atom is -0.478 e. The number of pyridine rings is 1. The van der Waals surface area contributed by atoms with Crippen LogP contribution in [0.1, 0.15) is 30.1 Å². The number of halogens is 1. The summed E-state index contributed by atoms with van der Waals surface area (Å²) < 4.78 is 9.95. The van der Waals surface area contributed by atoms with Gasteiger partial charge in [0, 0.05) is 6.07 Å². The summed E-state index contributed by atoms with van der Waals surface area (Å²) in [4.78, 5) is 15.2. The third-order valence-corrected chi connectivity index (χ3v) is 2.13. The van der Waals surface area contributed by atoms with E-state index in [1.807, 2.05) is 0 Å². The number of rotatable bonds is 5. The van der Waals surface area contributed by atoms with E-state index >= 15 is 0 Å². The molecule has 0 aliphatic heterocycles. The van der Waals surface area contributed by atoms with E-state index in [4.69, 9.17) is 16.3 Å². The van der Waals surface area contributed by atoms with Gasteiger partial charge >= 0.3 is 5.97 Å². The maximum atomic E-state index is 11.3. The largest absolute Gasteiger partial charge is 0.478 e. The predicted octanol–water partition coefficient (Wildman–Crippen LogP) is 2.70. The molecule has 0 N–H and O–H groups in total. The second-order valence-electron chi connectivity index (χ2n) is 3.21. The highest BCUT2D eigenvalue weighted by atomic mass is 35.5. The van der Waals surface area contributed by atoms with Gasteiger partial charge < -0.3 is 9.47 Å². The molecule has 88 valence electrons. The molecule has 1 heterocycles. The van der Waals surface area contributed by atoms with Crippen LogP contribution in [0.15, 0.2) is 12.1 Å². The standard InChI is InChI=1S/C11H14ClNO3/c1-3-4-5-16-10-7-8(11(14)15-2)6-9(12)13-10/h6-7H,3-5H2,1-2H3. The minimum atomic E-state index is -0.454. The zero-order chi connectivity index (χ0) is 12.0. The van der Waals surface area contributed by atoms with Crippen LogP contribution >= 0.6 is 11.6 Å². The molecule has 1 aromatic rings. The van der Waals surface area contributed by atoms with Gasteiger partial charge in [0.1, 0.15) is 5.15 Å². The van der Waals surface area contributed by atoms with Crippen LogP contribution in [0, 0.1) is 0 Å². The first-order valence-electron chi connectivity index (χ1n) is 5.06. The van der Waals surface area contributed by atoms with Crippen LogP contribution in [0.5, 0.6) is 5.88 Å². The Morgan fingerprint density at radius 1 is 1.50 bits per heavy atom. The number of methoxy groups -OCH3 is 1. The van der Waals surface area contributed by atoms with Crippen molar-refractivity contribution in [3.05, 3.63) is 22.8 Å². The van der Waals surface area contributed by atoms with Gasteiger partial charge in [0.05, 0.1) is 19.3 Å². The molecule has 0 fully saturated rings. The molecule has 0 spiro atoms. The fourth-order valence-corrected chi connectivity index (χ4v) is 1.30. The van der Waals surface area contributed by atoms with Gasteiger partial charge in [0.15, 0.2) is 0 Å². The van der Waals surface area contributed by atoms with Crippen LogP contribution in [-0.4, -0.2) is 24.7 Å². The lowest BCUT2D eigenvalue weighted by atomic mass is 10.3. The number of aromatic nitrogens is 1. The Morgan fingerprint density at radius 3 is 2.88 bits per heavy atom. The van der Waals surface area contributed by atoms with E-state index in [-0.39, 0.29) is 5.15 Å². The number of unbranched alkanes of at least 4 members (excludes halogenated alkanes) is 1. The van der Waals surface area contributed by atoms with Crippen LogP contribution in [0.2, 0.25) is 5.15 Å². The maximum absolute atomic E-state index is 11.3. The molecule has 0 radical (unpaired) electrons. The van der Waals surface area contributed by atoms with Crippen molar-refractivity contribution in [3.63, 3.8) is 0 Å². The molecule has 0 aliphatic carbocycles. The summed E-state index contributed by atoms with van der Waals surface area (Å²) in [6.45, 7) is 2.62. The summed E-state index contributed by atoms with van der Waals surface area (Å²) >= 11 is 5.76. The lowest BCUT2D eigenvalue weighted by Gasteiger charge is -2.06. The molecule has 1 aromatic heterocycles. The Balaban J connectivity index is 2.77. The van der Waals surface area contributed by atoms with Crippen LogP contribution < -0.4 is 4.74 Å². The van der Waals surface area contributed by atoms with E-state index in [1.165, 1.54) is 19.2 Å². The molecular formula is C11H14ClNO3. The van der Waals surface area contributed by atoms with Gasteiger partial charge in [-0.1, -0.05) is 24.9 Å². The molecule has 0 saturated heterocycles. The van der Waals surface area contributed by atoms with Crippen LogP contribution in [-0.2, 0) is 4.74 Å². The Morgan fingerprint density at radius 2 is 2.25 bits per heavy atom. The zero-order valence-electron chi connectivity index (χ0n) is 9.33. The number of hydrogen-bond acceptors (Lipinski definition) is 4. The Hall–Kier alpha value is -1.29. The first kappa shape index (κ1) is 12.8. The summed E-state index contributed by atoms with van der Waals surface area (Å²) in [6, 6.07) is 2.97. The van der Waals surface area contributed by atoms with Crippen molar-refractivity contribution in [3.8, 4) is 5.88 Å². The number of hydrogen-bond donors (Lipinski definition) is 0. The molecule has 0 aromatic carbocycles. The molecule has 0 amide bonds. The highest BCUT2D eigenvalue weighted by Gasteiger charge is 2.09. The monoisotopic (exact) mass is 243 g/mol. The minimum absolute atomic E-state index is 0.217. The molecule has 0 atom stereocenters. The molecular weight excluding hydrogens is 230 g/mol. The van der Waals surface area contributed by atoms with Crippen molar-refractivity contribution in [2.24, 2.45) is 0 Å². The number of esters is 1. The third-order valence-electron chi connectivity index (χ3n) is 1.94. The van der Waals surface area contributed by atoms with Crippen molar-refractivity contribution in [2.45, 2.75) is 19.8 Å². The van der Waals surface area contributed by atoms with E-state index in [2.05, 4.69) is 16.6 Å². The highest BCUT2D eigenvalue weighted by Crippen LogP contribution is 2.17. The first-order valence-corrected chi connectivity index (χ1v) is 5.44. The van der Waals surface area contributed by atoms with E-state index in [9.17, 15) is 4.79 Å². The summed E-state index contributed by atoms with van der Waals surface area (Å²) in [5.41, 5.74) is 0.342. The summed E-state index contributed by atoms with van der Waals surface area (Å²) in [5.74, 6) is -0.106. The van der Waals surface area contributed by atoms with Crippen molar-refractivity contribution in [1.82, 2.24) is 4.98 Å². The molecule has 0 bridgehead atoms. The Labute approximate surface area is 99.5 Å². The first-order chi connectivity index (χ1) is 7.67. The lowest BCUT2D eigenvalue weighted by Crippen LogP contribution is -2.04. The van der Waals surface area contributed by atoms with E-state index in [0.717, 1.165) is 12.8 Å². The number of carbonyl (C=O) groups excluding carboxylic acids is 1. The fraction of sp³-hybridized carbons (Fsp3) is 0.455. The molecule has 0 saturated carbocycles. The maximum Gasteiger partial charge on any atom is 0.338 e. The molecule has 16 heavy (non-hydrogen) atoms. The molecule has 1 rings (SSSR count). The Kier molecular flexibility index (Phi) is 5.05. The molecule has 0 aliphatic rings. The van der Waals surface area contributed by atoms with Crippen molar-refractivity contribution >= 4 is 17.6 Å². The van der Waals surface area contributed by atoms with Crippen LogP contribution in [0.3, 0.4) is 0 Å². The van der Waals surface area contributed by atoms with Crippen LogP contribution in [0.4, 0.5) is 0 Å². The van der Waals surface area contributed by atoms with Crippen molar-refractivity contribution in [2.75, 3.05) is 13.7 Å². The fourth-order valence-electron chi connectivity index (χ4n) is 1.10. The van der Waals surface area contributed by atoms with Gasteiger partial charge in [-0.2, -0.15) is 0 Å². The lowest BCUT2D eigenvalue weighted by molar-refractivity contribution is 0.0600. The number of ether oxygens (including phenoxy) is 2. The second-order valence-corrected chi connectivity index (χ2v) is 3.60.